The normalized spacial score (nSPS) is 22.3. The number of carbonyl (C=O) groups excluding carboxylic acids is 3. The van der Waals surface area contributed by atoms with E-state index in [1.54, 1.807) is 20.8 Å². The first-order chi connectivity index (χ1) is 9.26. The van der Waals surface area contributed by atoms with Crippen molar-refractivity contribution in [3.05, 3.63) is 0 Å². The van der Waals surface area contributed by atoms with Gasteiger partial charge in [0.2, 0.25) is 6.10 Å². The van der Waals surface area contributed by atoms with Gasteiger partial charge in [0.1, 0.15) is 12.7 Å². The Balaban J connectivity index is 2.27. The van der Waals surface area contributed by atoms with Crippen LogP contribution in [0.5, 0.6) is 0 Å². The highest BCUT2D eigenvalue weighted by atomic mass is 16.6. The van der Waals surface area contributed by atoms with Crippen molar-refractivity contribution < 1.29 is 28.6 Å². The quantitative estimate of drug-likeness (QED) is 0.545. The first kappa shape index (κ1) is 16.5. The van der Waals surface area contributed by atoms with Crippen LogP contribution in [0.2, 0.25) is 0 Å². The van der Waals surface area contributed by atoms with Gasteiger partial charge in [-0.2, -0.15) is 0 Å². The van der Waals surface area contributed by atoms with Gasteiger partial charge < -0.3 is 14.2 Å². The van der Waals surface area contributed by atoms with Crippen molar-refractivity contribution in [3.8, 4) is 0 Å². The predicted molar refractivity (Wildman–Crippen MR) is 69.7 cm³/mol. The summed E-state index contributed by atoms with van der Waals surface area (Å²) in [6.45, 7) is 7.15. The maximum Gasteiger partial charge on any atom is 0.347 e. The number of hydrogen-bond donors (Lipinski definition) is 0. The zero-order chi connectivity index (χ0) is 15.3. The van der Waals surface area contributed by atoms with Gasteiger partial charge in [0.25, 0.3) is 0 Å². The van der Waals surface area contributed by atoms with Crippen molar-refractivity contribution in [2.75, 3.05) is 6.61 Å². The summed E-state index contributed by atoms with van der Waals surface area (Å²) >= 11 is 0. The van der Waals surface area contributed by atoms with Gasteiger partial charge in [-0.05, 0) is 27.2 Å². The zero-order valence-corrected chi connectivity index (χ0v) is 12.4. The zero-order valence-electron chi connectivity index (χ0n) is 12.4. The summed E-state index contributed by atoms with van der Waals surface area (Å²) in [5.74, 6) is -1.43. The van der Waals surface area contributed by atoms with E-state index in [1.165, 1.54) is 0 Å². The van der Waals surface area contributed by atoms with Gasteiger partial charge in [0, 0.05) is 6.42 Å². The summed E-state index contributed by atoms with van der Waals surface area (Å²) in [6.07, 6.45) is -0.109. The van der Waals surface area contributed by atoms with Crippen LogP contribution in [0.15, 0.2) is 0 Å². The van der Waals surface area contributed by atoms with Crippen LogP contribution in [0.1, 0.15) is 47.0 Å². The van der Waals surface area contributed by atoms with Crippen LogP contribution in [0.3, 0.4) is 0 Å². The van der Waals surface area contributed by atoms with Gasteiger partial charge in [0.05, 0.1) is 11.8 Å². The van der Waals surface area contributed by atoms with Crippen molar-refractivity contribution in [1.29, 1.82) is 0 Å². The van der Waals surface area contributed by atoms with Crippen LogP contribution in [-0.4, -0.2) is 36.7 Å². The lowest BCUT2D eigenvalue weighted by molar-refractivity contribution is -0.163. The molecule has 20 heavy (non-hydrogen) atoms. The van der Waals surface area contributed by atoms with Crippen molar-refractivity contribution in [3.63, 3.8) is 0 Å². The Labute approximate surface area is 118 Å². The van der Waals surface area contributed by atoms with Gasteiger partial charge in [-0.1, -0.05) is 6.92 Å². The van der Waals surface area contributed by atoms with E-state index in [4.69, 9.17) is 14.2 Å². The molecule has 2 unspecified atom stereocenters. The molecule has 1 heterocycles. The molecule has 6 nitrogen and oxygen atoms in total. The van der Waals surface area contributed by atoms with Gasteiger partial charge in [-0.15, -0.1) is 0 Å². The number of esters is 3. The van der Waals surface area contributed by atoms with E-state index in [9.17, 15) is 14.4 Å². The summed E-state index contributed by atoms with van der Waals surface area (Å²) in [5, 5.41) is 0. The average Bonchev–Trinajstić information content (AvgIpc) is 2.67. The molecule has 0 aromatic rings. The number of carbonyl (C=O) groups is 3. The molecule has 1 rings (SSSR count). The smallest absolute Gasteiger partial charge is 0.347 e. The van der Waals surface area contributed by atoms with Crippen molar-refractivity contribution >= 4 is 17.9 Å². The maximum atomic E-state index is 11.7. The molecule has 0 N–H and O–H groups in total. The fourth-order valence-electron chi connectivity index (χ4n) is 1.60. The van der Waals surface area contributed by atoms with E-state index in [1.807, 2.05) is 6.92 Å². The summed E-state index contributed by atoms with van der Waals surface area (Å²) in [6, 6.07) is 0. The molecule has 1 fully saturated rings. The van der Waals surface area contributed by atoms with Crippen LogP contribution >= 0.6 is 0 Å². The third kappa shape index (κ3) is 4.51. The van der Waals surface area contributed by atoms with Gasteiger partial charge in [0.15, 0.2) is 0 Å². The number of hydrogen-bond acceptors (Lipinski definition) is 6. The molecule has 0 aromatic carbocycles. The standard InChI is InChI=1S/C14H22O6/c1-5-14(3,4)13(17)18-7-6-11(15)20-10-8-9(2)19-12(10)16/h9-10H,5-8H2,1-4H3. The SMILES string of the molecule is CCC(C)(C)C(=O)OCCC(=O)OC1CC(C)OC1=O. The highest BCUT2D eigenvalue weighted by Gasteiger charge is 2.35. The first-order valence-electron chi connectivity index (χ1n) is 6.83. The summed E-state index contributed by atoms with van der Waals surface area (Å²) < 4.78 is 14.9. The van der Waals surface area contributed by atoms with E-state index in [-0.39, 0.29) is 25.1 Å². The molecule has 0 amide bonds. The lowest BCUT2D eigenvalue weighted by Gasteiger charge is -2.20. The molecular formula is C14H22O6. The third-order valence-corrected chi connectivity index (χ3v) is 3.38. The molecule has 0 spiro atoms. The highest BCUT2D eigenvalue weighted by molar-refractivity contribution is 5.81. The highest BCUT2D eigenvalue weighted by Crippen LogP contribution is 2.21. The topological polar surface area (TPSA) is 78.9 Å². The Bertz CT molecular complexity index is 387. The first-order valence-corrected chi connectivity index (χ1v) is 6.83. The van der Waals surface area contributed by atoms with Gasteiger partial charge in [-0.25, -0.2) is 4.79 Å². The lowest BCUT2D eigenvalue weighted by atomic mass is 9.91. The van der Waals surface area contributed by atoms with E-state index < -0.39 is 23.5 Å². The molecule has 0 saturated carbocycles. The Hall–Kier alpha value is -1.59. The number of cyclic esters (lactones) is 1. The molecule has 6 heteroatoms. The molecule has 1 aliphatic heterocycles. The predicted octanol–water partition coefficient (Wildman–Crippen LogP) is 1.60. The molecule has 0 aliphatic carbocycles. The maximum absolute atomic E-state index is 11.7. The molecular weight excluding hydrogens is 264 g/mol. The summed E-state index contributed by atoms with van der Waals surface area (Å²) in [5.41, 5.74) is -0.561. The minimum absolute atomic E-state index is 0.0432. The van der Waals surface area contributed by atoms with Crippen LogP contribution in [0.4, 0.5) is 0 Å². The van der Waals surface area contributed by atoms with Crippen LogP contribution in [0, 0.1) is 5.41 Å². The van der Waals surface area contributed by atoms with E-state index in [2.05, 4.69) is 0 Å². The van der Waals surface area contributed by atoms with Crippen molar-refractivity contribution in [2.45, 2.75) is 59.2 Å². The van der Waals surface area contributed by atoms with E-state index in [0.29, 0.717) is 12.8 Å². The second kappa shape index (κ2) is 6.72. The lowest BCUT2D eigenvalue weighted by Crippen LogP contribution is -2.27. The van der Waals surface area contributed by atoms with E-state index >= 15 is 0 Å². The number of rotatable bonds is 6. The third-order valence-electron chi connectivity index (χ3n) is 3.38. The number of ether oxygens (including phenoxy) is 3. The molecule has 0 aromatic heterocycles. The average molecular weight is 286 g/mol. The van der Waals surface area contributed by atoms with Crippen molar-refractivity contribution in [2.24, 2.45) is 5.41 Å². The largest absolute Gasteiger partial charge is 0.465 e. The van der Waals surface area contributed by atoms with Crippen molar-refractivity contribution in [1.82, 2.24) is 0 Å². The Morgan fingerprint density at radius 3 is 2.55 bits per heavy atom. The monoisotopic (exact) mass is 286 g/mol. The second-order valence-corrected chi connectivity index (χ2v) is 5.59. The minimum Gasteiger partial charge on any atom is -0.465 e. The molecule has 0 radical (unpaired) electrons. The second-order valence-electron chi connectivity index (χ2n) is 5.59. The Morgan fingerprint density at radius 2 is 2.05 bits per heavy atom. The van der Waals surface area contributed by atoms with E-state index in [0.717, 1.165) is 0 Å². The van der Waals surface area contributed by atoms with Crippen LogP contribution in [-0.2, 0) is 28.6 Å². The molecule has 1 saturated heterocycles. The Morgan fingerprint density at radius 1 is 1.40 bits per heavy atom. The fraction of sp³-hybridized carbons (Fsp3) is 0.786. The Kier molecular flexibility index (Phi) is 5.53. The molecule has 1 aliphatic rings. The fourth-order valence-corrected chi connectivity index (χ4v) is 1.60. The summed E-state index contributed by atoms with van der Waals surface area (Å²) in [7, 11) is 0. The van der Waals surface area contributed by atoms with Crippen LogP contribution < -0.4 is 0 Å². The minimum atomic E-state index is -0.833. The molecule has 2 atom stereocenters. The van der Waals surface area contributed by atoms with Crippen LogP contribution in [0.25, 0.3) is 0 Å². The van der Waals surface area contributed by atoms with Gasteiger partial charge in [-0.3, -0.25) is 9.59 Å². The summed E-state index contributed by atoms with van der Waals surface area (Å²) in [4.78, 5) is 34.5. The molecule has 0 bridgehead atoms. The molecule has 114 valence electrons. The van der Waals surface area contributed by atoms with Gasteiger partial charge >= 0.3 is 17.9 Å².